The zero-order valence-corrected chi connectivity index (χ0v) is 13.0. The van der Waals surface area contributed by atoms with Crippen LogP contribution in [0.15, 0.2) is 21.3 Å². The molecule has 0 atom stereocenters. The monoisotopic (exact) mass is 303 g/mol. The first-order valence-corrected chi connectivity index (χ1v) is 7.34. The van der Waals surface area contributed by atoms with Crippen LogP contribution in [0.5, 0.6) is 5.75 Å². The van der Waals surface area contributed by atoms with Gasteiger partial charge in [0.25, 0.3) is 0 Å². The fourth-order valence-corrected chi connectivity index (χ4v) is 2.40. The van der Waals surface area contributed by atoms with E-state index in [1.807, 2.05) is 13.0 Å². The van der Waals surface area contributed by atoms with Gasteiger partial charge >= 0.3 is 5.63 Å². The van der Waals surface area contributed by atoms with Crippen molar-refractivity contribution in [2.24, 2.45) is 0 Å². The highest BCUT2D eigenvalue weighted by atomic mass is 16.5. The van der Waals surface area contributed by atoms with Gasteiger partial charge in [-0.1, -0.05) is 13.3 Å². The van der Waals surface area contributed by atoms with Crippen LogP contribution in [-0.4, -0.2) is 12.6 Å². The molecule has 0 aliphatic heterocycles. The van der Waals surface area contributed by atoms with Crippen molar-refractivity contribution in [2.75, 3.05) is 6.61 Å². The van der Waals surface area contributed by atoms with E-state index in [9.17, 15) is 14.7 Å². The van der Waals surface area contributed by atoms with Gasteiger partial charge in [-0.15, -0.1) is 0 Å². The van der Waals surface area contributed by atoms with Crippen LogP contribution < -0.4 is 15.5 Å². The number of carboxylic acid groups (broad SMARTS) is 1. The summed E-state index contributed by atoms with van der Waals surface area (Å²) in [5.74, 6) is -0.623. The molecular formula is C17H19O5-. The summed E-state index contributed by atoms with van der Waals surface area (Å²) in [5, 5.41) is 11.5. The molecule has 0 saturated heterocycles. The fourth-order valence-electron chi connectivity index (χ4n) is 2.40. The summed E-state index contributed by atoms with van der Waals surface area (Å²) in [5.41, 5.74) is 1.29. The molecule has 0 amide bonds. The number of unbranched alkanes of at least 4 members (excludes halogenated alkanes) is 1. The van der Waals surface area contributed by atoms with E-state index in [0.717, 1.165) is 23.8 Å². The third-order valence-corrected chi connectivity index (χ3v) is 3.73. The van der Waals surface area contributed by atoms with Gasteiger partial charge in [0.1, 0.15) is 11.3 Å². The smallest absolute Gasteiger partial charge is 0.340 e. The Labute approximate surface area is 128 Å². The summed E-state index contributed by atoms with van der Waals surface area (Å²) in [6.07, 6.45) is 1.54. The van der Waals surface area contributed by atoms with Gasteiger partial charge in [-0.2, -0.15) is 0 Å². The summed E-state index contributed by atoms with van der Waals surface area (Å²) in [6, 6.07) is 3.61. The van der Waals surface area contributed by atoms with Crippen LogP contribution in [0.2, 0.25) is 0 Å². The Morgan fingerprint density at radius 3 is 2.64 bits per heavy atom. The zero-order valence-electron chi connectivity index (χ0n) is 13.0. The van der Waals surface area contributed by atoms with E-state index in [4.69, 9.17) is 9.15 Å². The number of carbonyl (C=O) groups excluding carboxylic acids is 1. The molecule has 2 aromatic rings. The standard InChI is InChI=1S/C17H20O5/c1-4-5-8-21-14-7-6-12-10(2)13(9-15(18)19)17(20)22-16(12)11(14)3/h6-7H,4-5,8-9H2,1-3H3,(H,18,19)/p-1. The third kappa shape index (κ3) is 3.13. The van der Waals surface area contributed by atoms with Crippen molar-refractivity contribution in [2.45, 2.75) is 40.0 Å². The molecule has 0 unspecified atom stereocenters. The van der Waals surface area contributed by atoms with E-state index in [2.05, 4.69) is 6.92 Å². The van der Waals surface area contributed by atoms with E-state index >= 15 is 0 Å². The lowest BCUT2D eigenvalue weighted by atomic mass is 10.0. The van der Waals surface area contributed by atoms with Crippen molar-refractivity contribution in [1.82, 2.24) is 0 Å². The number of aryl methyl sites for hydroxylation is 2. The maximum Gasteiger partial charge on any atom is 0.340 e. The summed E-state index contributed by atoms with van der Waals surface area (Å²) >= 11 is 0. The first kappa shape index (κ1) is 16.1. The molecule has 0 saturated carbocycles. The van der Waals surface area contributed by atoms with Crippen LogP contribution in [-0.2, 0) is 11.2 Å². The van der Waals surface area contributed by atoms with Gasteiger partial charge in [0, 0.05) is 28.9 Å². The number of hydrogen-bond donors (Lipinski definition) is 0. The molecule has 5 heteroatoms. The number of rotatable bonds is 6. The van der Waals surface area contributed by atoms with Crippen molar-refractivity contribution in [3.8, 4) is 5.75 Å². The minimum atomic E-state index is -1.30. The zero-order chi connectivity index (χ0) is 16.3. The average Bonchev–Trinajstić information content (AvgIpc) is 2.46. The second kappa shape index (κ2) is 6.64. The topological polar surface area (TPSA) is 79.6 Å². The number of aliphatic carboxylic acids is 1. The Kier molecular flexibility index (Phi) is 4.85. The van der Waals surface area contributed by atoms with Crippen LogP contribution >= 0.6 is 0 Å². The molecule has 22 heavy (non-hydrogen) atoms. The number of fused-ring (bicyclic) bond motifs is 1. The number of hydrogen-bond acceptors (Lipinski definition) is 5. The lowest BCUT2D eigenvalue weighted by Crippen LogP contribution is -2.27. The third-order valence-electron chi connectivity index (χ3n) is 3.73. The molecule has 5 nitrogen and oxygen atoms in total. The first-order chi connectivity index (χ1) is 10.5. The van der Waals surface area contributed by atoms with Gasteiger partial charge in [-0.05, 0) is 38.0 Å². The molecule has 2 rings (SSSR count). The minimum Gasteiger partial charge on any atom is -0.550 e. The van der Waals surface area contributed by atoms with Crippen molar-refractivity contribution < 1.29 is 19.1 Å². The van der Waals surface area contributed by atoms with E-state index < -0.39 is 18.0 Å². The molecule has 1 aromatic heterocycles. The van der Waals surface area contributed by atoms with Crippen molar-refractivity contribution in [3.63, 3.8) is 0 Å². The molecule has 0 fully saturated rings. The van der Waals surface area contributed by atoms with Crippen molar-refractivity contribution in [1.29, 1.82) is 0 Å². The summed E-state index contributed by atoms with van der Waals surface area (Å²) in [6.45, 7) is 6.23. The lowest BCUT2D eigenvalue weighted by Gasteiger charge is -2.13. The van der Waals surface area contributed by atoms with Crippen molar-refractivity contribution in [3.05, 3.63) is 39.2 Å². The predicted octanol–water partition coefficient (Wildman–Crippen LogP) is 1.88. The quantitative estimate of drug-likeness (QED) is 0.601. The highest BCUT2D eigenvalue weighted by Crippen LogP contribution is 2.29. The Hall–Kier alpha value is -2.30. The maximum absolute atomic E-state index is 12.0. The molecule has 0 radical (unpaired) electrons. The molecule has 118 valence electrons. The Morgan fingerprint density at radius 2 is 2.00 bits per heavy atom. The van der Waals surface area contributed by atoms with E-state index in [0.29, 0.717) is 23.5 Å². The predicted molar refractivity (Wildman–Crippen MR) is 81.1 cm³/mol. The summed E-state index contributed by atoms with van der Waals surface area (Å²) in [4.78, 5) is 22.8. The highest BCUT2D eigenvalue weighted by Gasteiger charge is 2.15. The van der Waals surface area contributed by atoms with Crippen LogP contribution in [0.25, 0.3) is 11.0 Å². The number of benzene rings is 1. The number of ether oxygens (including phenoxy) is 1. The van der Waals surface area contributed by atoms with Crippen LogP contribution in [0, 0.1) is 13.8 Å². The highest BCUT2D eigenvalue weighted by molar-refractivity contribution is 5.86. The molecule has 1 aromatic carbocycles. The Balaban J connectivity index is 2.52. The Bertz CT molecular complexity index is 758. The molecule has 1 heterocycles. The molecule has 0 N–H and O–H groups in total. The maximum atomic E-state index is 12.0. The summed E-state index contributed by atoms with van der Waals surface area (Å²) in [7, 11) is 0. The molecule has 0 aliphatic rings. The number of carboxylic acids is 1. The largest absolute Gasteiger partial charge is 0.550 e. The van der Waals surface area contributed by atoms with Gasteiger partial charge in [0.05, 0.1) is 6.61 Å². The van der Waals surface area contributed by atoms with E-state index in [1.54, 1.807) is 13.0 Å². The molecule has 0 aliphatic carbocycles. The van der Waals surface area contributed by atoms with Crippen molar-refractivity contribution >= 4 is 16.9 Å². The summed E-state index contributed by atoms with van der Waals surface area (Å²) < 4.78 is 11.0. The van der Waals surface area contributed by atoms with Gasteiger partial charge < -0.3 is 19.1 Å². The van der Waals surface area contributed by atoms with Crippen LogP contribution in [0.3, 0.4) is 0 Å². The van der Waals surface area contributed by atoms with Gasteiger partial charge in [-0.3, -0.25) is 0 Å². The minimum absolute atomic E-state index is 0.131. The lowest BCUT2D eigenvalue weighted by molar-refractivity contribution is -0.304. The second-order valence-electron chi connectivity index (χ2n) is 5.31. The Morgan fingerprint density at radius 1 is 1.27 bits per heavy atom. The average molecular weight is 303 g/mol. The van der Waals surface area contributed by atoms with Crippen LogP contribution in [0.1, 0.15) is 36.5 Å². The molecule has 0 bridgehead atoms. The first-order valence-electron chi connectivity index (χ1n) is 7.34. The fraction of sp³-hybridized carbons (Fsp3) is 0.412. The van der Waals surface area contributed by atoms with Gasteiger partial charge in [0.2, 0.25) is 0 Å². The second-order valence-corrected chi connectivity index (χ2v) is 5.31. The van der Waals surface area contributed by atoms with Gasteiger partial charge in [0.15, 0.2) is 0 Å². The van der Waals surface area contributed by atoms with Gasteiger partial charge in [-0.25, -0.2) is 4.79 Å². The molecular weight excluding hydrogens is 284 g/mol. The SMILES string of the molecule is CCCCOc1ccc2c(C)c(CC(=O)[O-])c(=O)oc2c1C. The van der Waals surface area contributed by atoms with E-state index in [-0.39, 0.29) is 5.56 Å². The van der Waals surface area contributed by atoms with Crippen LogP contribution in [0.4, 0.5) is 0 Å². The number of carbonyl (C=O) groups is 1. The normalized spacial score (nSPS) is 10.9. The van der Waals surface area contributed by atoms with E-state index in [1.165, 1.54) is 0 Å². The molecule has 0 spiro atoms.